The molecule has 0 bridgehead atoms. The first-order chi connectivity index (χ1) is 10.2. The molecule has 0 aliphatic carbocycles. The molecule has 2 amide bonds. The summed E-state index contributed by atoms with van der Waals surface area (Å²) in [6, 6.07) is 5.68. The van der Waals surface area contributed by atoms with E-state index in [2.05, 4.69) is 9.69 Å². The number of aromatic nitrogens is 1. The number of nitrogens with one attached hydrogen (secondary N) is 1. The van der Waals surface area contributed by atoms with Gasteiger partial charge in [0.25, 0.3) is 0 Å². The van der Waals surface area contributed by atoms with Crippen LogP contribution in [0.15, 0.2) is 28.9 Å². The molecule has 0 aromatic carbocycles. The van der Waals surface area contributed by atoms with Gasteiger partial charge in [-0.25, -0.2) is 4.79 Å². The average molecular weight is 305 g/mol. The van der Waals surface area contributed by atoms with Gasteiger partial charge in [-0.2, -0.15) is 4.37 Å². The largest absolute Gasteiger partial charge is 0.467 e. The summed E-state index contributed by atoms with van der Waals surface area (Å²) in [5.74, 6) is 0.868. The minimum atomic E-state index is -0.0676. The van der Waals surface area contributed by atoms with Crippen molar-refractivity contribution in [2.75, 3.05) is 11.9 Å². The SMILES string of the molecule is Cc1cc(NC(=O)N2CCCCCC2c2ccco2)sn1. The molecule has 1 fully saturated rings. The summed E-state index contributed by atoms with van der Waals surface area (Å²) >= 11 is 1.31. The number of aryl methyl sites for hydroxylation is 1. The van der Waals surface area contributed by atoms with Gasteiger partial charge in [-0.05, 0) is 49.5 Å². The molecule has 0 spiro atoms. The van der Waals surface area contributed by atoms with Gasteiger partial charge in [0.2, 0.25) is 0 Å². The number of anilines is 1. The summed E-state index contributed by atoms with van der Waals surface area (Å²) in [5, 5.41) is 3.75. The lowest BCUT2D eigenvalue weighted by Crippen LogP contribution is -2.37. The molecule has 1 atom stereocenters. The highest BCUT2D eigenvalue weighted by atomic mass is 32.1. The van der Waals surface area contributed by atoms with Gasteiger partial charge in [0.05, 0.1) is 18.0 Å². The third kappa shape index (κ3) is 3.26. The molecular weight excluding hydrogens is 286 g/mol. The Bertz CT molecular complexity index is 594. The zero-order valence-electron chi connectivity index (χ0n) is 12.0. The minimum absolute atomic E-state index is 0.0246. The number of hydrogen-bond acceptors (Lipinski definition) is 4. The van der Waals surface area contributed by atoms with Crippen molar-refractivity contribution in [1.29, 1.82) is 0 Å². The Balaban J connectivity index is 1.77. The van der Waals surface area contributed by atoms with Gasteiger partial charge in [0.15, 0.2) is 0 Å². The molecular formula is C15H19N3O2S. The lowest BCUT2D eigenvalue weighted by atomic mass is 10.1. The van der Waals surface area contributed by atoms with Crippen molar-refractivity contribution in [1.82, 2.24) is 9.27 Å². The van der Waals surface area contributed by atoms with E-state index in [0.717, 1.165) is 48.7 Å². The fourth-order valence-electron chi connectivity index (χ4n) is 2.73. The van der Waals surface area contributed by atoms with Crippen molar-refractivity contribution in [2.24, 2.45) is 0 Å². The minimum Gasteiger partial charge on any atom is -0.467 e. The molecule has 0 saturated carbocycles. The van der Waals surface area contributed by atoms with E-state index < -0.39 is 0 Å². The van der Waals surface area contributed by atoms with Gasteiger partial charge in [-0.1, -0.05) is 12.8 Å². The highest BCUT2D eigenvalue weighted by Gasteiger charge is 2.28. The number of furan rings is 1. The molecule has 0 radical (unpaired) electrons. The quantitative estimate of drug-likeness (QED) is 0.905. The standard InChI is InChI=1S/C15H19N3O2S/c1-11-10-14(21-17-11)16-15(19)18-8-4-2-3-6-12(18)13-7-5-9-20-13/h5,7,9-10,12H,2-4,6,8H2,1H3,(H,16,19). The number of carbonyl (C=O) groups excluding carboxylic acids is 1. The van der Waals surface area contributed by atoms with E-state index in [1.165, 1.54) is 11.5 Å². The number of hydrogen-bond donors (Lipinski definition) is 1. The van der Waals surface area contributed by atoms with Gasteiger partial charge in [0.1, 0.15) is 10.8 Å². The van der Waals surface area contributed by atoms with Gasteiger partial charge >= 0.3 is 6.03 Å². The third-order valence-electron chi connectivity index (χ3n) is 3.74. The van der Waals surface area contributed by atoms with Crippen LogP contribution in [0.4, 0.5) is 9.80 Å². The summed E-state index contributed by atoms with van der Waals surface area (Å²) in [6.45, 7) is 2.68. The van der Waals surface area contributed by atoms with Crippen LogP contribution in [0.2, 0.25) is 0 Å². The van der Waals surface area contributed by atoms with E-state index in [1.54, 1.807) is 6.26 Å². The molecule has 6 heteroatoms. The maximum absolute atomic E-state index is 12.6. The Hall–Kier alpha value is -1.82. The van der Waals surface area contributed by atoms with Gasteiger partial charge in [0, 0.05) is 6.54 Å². The predicted octanol–water partition coefficient (Wildman–Crippen LogP) is 4.19. The van der Waals surface area contributed by atoms with Crippen molar-refractivity contribution < 1.29 is 9.21 Å². The summed E-state index contributed by atoms with van der Waals surface area (Å²) < 4.78 is 9.72. The number of nitrogens with zero attached hydrogens (tertiary/aromatic N) is 2. The Morgan fingerprint density at radius 3 is 3.10 bits per heavy atom. The Morgan fingerprint density at radius 2 is 2.38 bits per heavy atom. The lowest BCUT2D eigenvalue weighted by molar-refractivity contribution is 0.179. The van der Waals surface area contributed by atoms with Crippen LogP contribution in [0.3, 0.4) is 0 Å². The van der Waals surface area contributed by atoms with Gasteiger partial charge in [-0.3, -0.25) is 5.32 Å². The summed E-state index contributed by atoms with van der Waals surface area (Å²) in [6.07, 6.45) is 5.92. The highest BCUT2D eigenvalue weighted by molar-refractivity contribution is 7.10. The van der Waals surface area contributed by atoms with Crippen LogP contribution < -0.4 is 5.32 Å². The molecule has 21 heavy (non-hydrogen) atoms. The number of urea groups is 1. The average Bonchev–Trinajstić information content (AvgIpc) is 3.06. The van der Waals surface area contributed by atoms with Crippen LogP contribution in [0.5, 0.6) is 0 Å². The molecule has 1 aliphatic heterocycles. The van der Waals surface area contributed by atoms with Crippen LogP contribution >= 0.6 is 11.5 Å². The normalized spacial score (nSPS) is 19.3. The van der Waals surface area contributed by atoms with Crippen molar-refractivity contribution in [3.8, 4) is 0 Å². The number of amides is 2. The first kappa shape index (κ1) is 14.1. The fraction of sp³-hybridized carbons (Fsp3) is 0.467. The van der Waals surface area contributed by atoms with Crippen molar-refractivity contribution >= 4 is 22.6 Å². The topological polar surface area (TPSA) is 58.4 Å². The van der Waals surface area contributed by atoms with Crippen molar-refractivity contribution in [2.45, 2.75) is 38.6 Å². The maximum atomic E-state index is 12.6. The molecule has 2 aromatic heterocycles. The van der Waals surface area contributed by atoms with E-state index >= 15 is 0 Å². The Labute approximate surface area is 128 Å². The molecule has 112 valence electrons. The molecule has 3 rings (SSSR count). The molecule has 2 aromatic rings. The monoisotopic (exact) mass is 305 g/mol. The van der Waals surface area contributed by atoms with E-state index in [0.29, 0.717) is 0 Å². The third-order valence-corrected chi connectivity index (χ3v) is 4.54. The van der Waals surface area contributed by atoms with Crippen LogP contribution in [0.25, 0.3) is 0 Å². The predicted molar refractivity (Wildman–Crippen MR) is 82.5 cm³/mol. The molecule has 5 nitrogen and oxygen atoms in total. The zero-order valence-corrected chi connectivity index (χ0v) is 12.9. The zero-order chi connectivity index (χ0) is 14.7. The first-order valence-corrected chi connectivity index (χ1v) is 8.06. The second kappa shape index (κ2) is 6.30. The summed E-state index contributed by atoms with van der Waals surface area (Å²) in [5.41, 5.74) is 0.925. The summed E-state index contributed by atoms with van der Waals surface area (Å²) in [4.78, 5) is 14.5. The highest BCUT2D eigenvalue weighted by Crippen LogP contribution is 2.31. The van der Waals surface area contributed by atoms with Gasteiger partial charge in [-0.15, -0.1) is 0 Å². The van der Waals surface area contributed by atoms with E-state index in [4.69, 9.17) is 4.42 Å². The first-order valence-electron chi connectivity index (χ1n) is 7.28. The lowest BCUT2D eigenvalue weighted by Gasteiger charge is -2.28. The van der Waals surface area contributed by atoms with Crippen LogP contribution in [-0.2, 0) is 0 Å². The second-order valence-electron chi connectivity index (χ2n) is 5.34. The summed E-state index contributed by atoms with van der Waals surface area (Å²) in [7, 11) is 0. The fourth-order valence-corrected chi connectivity index (χ4v) is 3.38. The van der Waals surface area contributed by atoms with Crippen LogP contribution in [0, 0.1) is 6.92 Å². The van der Waals surface area contributed by atoms with Crippen molar-refractivity contribution in [3.63, 3.8) is 0 Å². The molecule has 3 heterocycles. The molecule has 1 unspecified atom stereocenters. The Kier molecular flexibility index (Phi) is 4.24. The van der Waals surface area contributed by atoms with Crippen molar-refractivity contribution in [3.05, 3.63) is 35.9 Å². The van der Waals surface area contributed by atoms with Gasteiger partial charge < -0.3 is 9.32 Å². The Morgan fingerprint density at radius 1 is 1.48 bits per heavy atom. The second-order valence-corrected chi connectivity index (χ2v) is 6.14. The van der Waals surface area contributed by atoms with Crippen LogP contribution in [-0.4, -0.2) is 21.8 Å². The van der Waals surface area contributed by atoms with Crippen LogP contribution in [0.1, 0.15) is 43.2 Å². The van der Waals surface area contributed by atoms with E-state index in [-0.39, 0.29) is 12.1 Å². The van der Waals surface area contributed by atoms with E-state index in [9.17, 15) is 4.79 Å². The smallest absolute Gasteiger partial charge is 0.323 e. The van der Waals surface area contributed by atoms with E-state index in [1.807, 2.05) is 30.0 Å². The molecule has 1 N–H and O–H groups in total. The number of rotatable bonds is 2. The molecule has 1 saturated heterocycles. The number of carbonyl (C=O) groups is 1. The maximum Gasteiger partial charge on any atom is 0.323 e. The molecule has 1 aliphatic rings. The number of likely N-dealkylation sites (tertiary alicyclic amines) is 1.